The molecule has 2 nitrogen and oxygen atoms in total. The van der Waals surface area contributed by atoms with E-state index in [-0.39, 0.29) is 0 Å². The Bertz CT molecular complexity index is 179. The molecular formula is C14H28N2. The van der Waals surface area contributed by atoms with E-state index in [1.807, 2.05) is 0 Å². The van der Waals surface area contributed by atoms with Crippen molar-refractivity contribution in [2.45, 2.75) is 76.7 Å². The normalized spacial score (nSPS) is 27.6. The second-order valence-electron chi connectivity index (χ2n) is 5.84. The monoisotopic (exact) mass is 224 g/mol. The topological polar surface area (TPSA) is 38.0 Å². The van der Waals surface area contributed by atoms with E-state index >= 15 is 0 Å². The standard InChI is InChI=1S/C14H28N2/c15-16-14(13-10-6-3-7-11-13)12-8-4-1-2-5-9-12/h12-14,16H,1-11,15H2. The maximum atomic E-state index is 5.84. The highest BCUT2D eigenvalue weighted by Gasteiger charge is 2.29. The van der Waals surface area contributed by atoms with Crippen LogP contribution >= 0.6 is 0 Å². The molecule has 0 saturated heterocycles. The quantitative estimate of drug-likeness (QED) is 0.438. The zero-order valence-electron chi connectivity index (χ0n) is 10.6. The van der Waals surface area contributed by atoms with Crippen molar-refractivity contribution in [3.05, 3.63) is 0 Å². The number of hydrazine groups is 1. The van der Waals surface area contributed by atoms with Crippen molar-refractivity contribution in [2.75, 3.05) is 0 Å². The van der Waals surface area contributed by atoms with E-state index in [1.165, 1.54) is 70.6 Å². The van der Waals surface area contributed by atoms with Crippen molar-refractivity contribution in [2.24, 2.45) is 17.7 Å². The first-order valence-corrected chi connectivity index (χ1v) is 7.38. The van der Waals surface area contributed by atoms with Crippen LogP contribution in [0.1, 0.15) is 70.6 Å². The smallest absolute Gasteiger partial charge is 0.0266 e. The molecule has 0 aliphatic heterocycles. The fourth-order valence-electron chi connectivity index (χ4n) is 3.82. The SMILES string of the molecule is NNC(C1CCCCCC1)C1CCCCC1. The number of hydrogen-bond acceptors (Lipinski definition) is 2. The molecule has 94 valence electrons. The molecule has 0 spiro atoms. The third-order valence-corrected chi connectivity index (χ3v) is 4.76. The lowest BCUT2D eigenvalue weighted by atomic mass is 9.76. The Kier molecular flexibility index (Phi) is 5.11. The van der Waals surface area contributed by atoms with E-state index in [0.717, 1.165) is 11.8 Å². The van der Waals surface area contributed by atoms with Crippen molar-refractivity contribution < 1.29 is 0 Å². The molecule has 3 N–H and O–H groups in total. The summed E-state index contributed by atoms with van der Waals surface area (Å²) in [6.07, 6.45) is 15.7. The summed E-state index contributed by atoms with van der Waals surface area (Å²) in [4.78, 5) is 0. The van der Waals surface area contributed by atoms with Gasteiger partial charge in [0.1, 0.15) is 0 Å². The van der Waals surface area contributed by atoms with Crippen molar-refractivity contribution in [1.82, 2.24) is 5.43 Å². The van der Waals surface area contributed by atoms with Crippen LogP contribution in [0.2, 0.25) is 0 Å². The van der Waals surface area contributed by atoms with E-state index in [0.29, 0.717) is 6.04 Å². The van der Waals surface area contributed by atoms with Crippen LogP contribution < -0.4 is 11.3 Å². The molecule has 1 unspecified atom stereocenters. The fraction of sp³-hybridized carbons (Fsp3) is 1.00. The predicted octanol–water partition coefficient (Wildman–Crippen LogP) is 3.37. The van der Waals surface area contributed by atoms with Crippen LogP contribution in [0, 0.1) is 11.8 Å². The molecule has 2 aliphatic carbocycles. The van der Waals surface area contributed by atoms with Gasteiger partial charge in [-0.25, -0.2) is 0 Å². The Morgan fingerprint density at radius 1 is 0.688 bits per heavy atom. The lowest BCUT2D eigenvalue weighted by molar-refractivity contribution is 0.193. The Morgan fingerprint density at radius 2 is 1.06 bits per heavy atom. The Labute approximate surface area is 100 Å². The third kappa shape index (κ3) is 3.21. The minimum Gasteiger partial charge on any atom is -0.271 e. The zero-order valence-corrected chi connectivity index (χ0v) is 10.6. The van der Waals surface area contributed by atoms with Crippen LogP contribution in [0.15, 0.2) is 0 Å². The van der Waals surface area contributed by atoms with E-state index in [9.17, 15) is 0 Å². The zero-order chi connectivity index (χ0) is 11.2. The molecule has 2 aliphatic rings. The fourth-order valence-corrected chi connectivity index (χ4v) is 3.82. The van der Waals surface area contributed by atoms with Gasteiger partial charge in [-0.1, -0.05) is 44.9 Å². The van der Waals surface area contributed by atoms with Crippen molar-refractivity contribution in [3.8, 4) is 0 Å². The van der Waals surface area contributed by atoms with Crippen LogP contribution in [0.5, 0.6) is 0 Å². The van der Waals surface area contributed by atoms with Crippen LogP contribution in [-0.4, -0.2) is 6.04 Å². The molecule has 0 aromatic rings. The summed E-state index contributed by atoms with van der Waals surface area (Å²) in [5, 5.41) is 0. The van der Waals surface area contributed by atoms with Gasteiger partial charge in [0.2, 0.25) is 0 Å². The molecule has 0 bridgehead atoms. The Morgan fingerprint density at radius 3 is 1.44 bits per heavy atom. The average Bonchev–Trinajstić information content (AvgIpc) is 2.61. The third-order valence-electron chi connectivity index (χ3n) is 4.76. The van der Waals surface area contributed by atoms with Gasteiger partial charge in [0.05, 0.1) is 0 Å². The van der Waals surface area contributed by atoms with E-state index in [1.54, 1.807) is 0 Å². The number of nitrogens with one attached hydrogen (secondary N) is 1. The van der Waals surface area contributed by atoms with Gasteiger partial charge in [-0.15, -0.1) is 0 Å². The summed E-state index contributed by atoms with van der Waals surface area (Å²) in [6.45, 7) is 0. The number of rotatable bonds is 3. The lowest BCUT2D eigenvalue weighted by Gasteiger charge is -2.35. The highest BCUT2D eigenvalue weighted by atomic mass is 15.2. The lowest BCUT2D eigenvalue weighted by Crippen LogP contribution is -2.46. The summed E-state index contributed by atoms with van der Waals surface area (Å²) < 4.78 is 0. The first-order chi connectivity index (χ1) is 7.92. The van der Waals surface area contributed by atoms with Gasteiger partial charge in [-0.05, 0) is 37.5 Å². The molecule has 2 fully saturated rings. The van der Waals surface area contributed by atoms with Gasteiger partial charge in [0.25, 0.3) is 0 Å². The first-order valence-electron chi connectivity index (χ1n) is 7.38. The molecule has 0 aromatic heterocycles. The second kappa shape index (κ2) is 6.61. The van der Waals surface area contributed by atoms with Crippen molar-refractivity contribution in [3.63, 3.8) is 0 Å². The molecule has 0 amide bonds. The predicted molar refractivity (Wildman–Crippen MR) is 68.9 cm³/mol. The van der Waals surface area contributed by atoms with Gasteiger partial charge in [0.15, 0.2) is 0 Å². The number of nitrogens with two attached hydrogens (primary N) is 1. The van der Waals surface area contributed by atoms with Gasteiger partial charge in [-0.2, -0.15) is 0 Å². The van der Waals surface area contributed by atoms with Crippen molar-refractivity contribution >= 4 is 0 Å². The maximum Gasteiger partial charge on any atom is 0.0266 e. The molecule has 1 atom stereocenters. The Hall–Kier alpha value is -0.0800. The van der Waals surface area contributed by atoms with Crippen molar-refractivity contribution in [1.29, 1.82) is 0 Å². The molecule has 2 rings (SSSR count). The maximum absolute atomic E-state index is 5.84. The molecule has 0 heterocycles. The summed E-state index contributed by atoms with van der Waals surface area (Å²) >= 11 is 0. The molecule has 2 heteroatoms. The van der Waals surface area contributed by atoms with Crippen LogP contribution in [0.4, 0.5) is 0 Å². The van der Waals surface area contributed by atoms with Gasteiger partial charge in [0, 0.05) is 6.04 Å². The van der Waals surface area contributed by atoms with Crippen LogP contribution in [0.25, 0.3) is 0 Å². The summed E-state index contributed by atoms with van der Waals surface area (Å²) in [7, 11) is 0. The summed E-state index contributed by atoms with van der Waals surface area (Å²) in [6, 6.07) is 0.610. The van der Waals surface area contributed by atoms with E-state index in [2.05, 4.69) is 5.43 Å². The van der Waals surface area contributed by atoms with E-state index in [4.69, 9.17) is 5.84 Å². The minimum absolute atomic E-state index is 0.610. The summed E-state index contributed by atoms with van der Waals surface area (Å²) in [5.41, 5.74) is 3.17. The molecule has 0 radical (unpaired) electrons. The number of hydrogen-bond donors (Lipinski definition) is 2. The first kappa shape index (κ1) is 12.4. The van der Waals surface area contributed by atoms with Crippen LogP contribution in [-0.2, 0) is 0 Å². The highest BCUT2D eigenvalue weighted by Crippen LogP contribution is 2.34. The molecule has 2 saturated carbocycles. The van der Waals surface area contributed by atoms with Gasteiger partial charge >= 0.3 is 0 Å². The summed E-state index contributed by atoms with van der Waals surface area (Å²) in [5.74, 6) is 7.56. The van der Waals surface area contributed by atoms with Crippen LogP contribution in [0.3, 0.4) is 0 Å². The molecular weight excluding hydrogens is 196 g/mol. The average molecular weight is 224 g/mol. The van der Waals surface area contributed by atoms with E-state index < -0.39 is 0 Å². The second-order valence-corrected chi connectivity index (χ2v) is 5.84. The molecule has 0 aromatic carbocycles. The minimum atomic E-state index is 0.610. The van der Waals surface area contributed by atoms with Gasteiger partial charge < -0.3 is 0 Å². The highest BCUT2D eigenvalue weighted by molar-refractivity contribution is 4.84. The molecule has 16 heavy (non-hydrogen) atoms. The largest absolute Gasteiger partial charge is 0.271 e. The van der Waals surface area contributed by atoms with Gasteiger partial charge in [-0.3, -0.25) is 11.3 Å². The Balaban J connectivity index is 1.90.